The summed E-state index contributed by atoms with van der Waals surface area (Å²) in [6.07, 6.45) is 3.39. The van der Waals surface area contributed by atoms with Crippen molar-refractivity contribution in [3.63, 3.8) is 0 Å². The predicted octanol–water partition coefficient (Wildman–Crippen LogP) is 6.60. The van der Waals surface area contributed by atoms with Crippen LogP contribution in [0, 0.1) is 20.8 Å². The van der Waals surface area contributed by atoms with E-state index in [2.05, 4.69) is 103 Å². The van der Waals surface area contributed by atoms with Gasteiger partial charge in [-0.15, -0.1) is 9.24 Å². The van der Waals surface area contributed by atoms with E-state index in [-0.39, 0.29) is 5.41 Å². The lowest BCUT2D eigenvalue weighted by Crippen LogP contribution is -2.29. The number of aryl methyl sites for hydroxylation is 3. The van der Waals surface area contributed by atoms with Crippen LogP contribution in [0.4, 0.5) is 0 Å². The standard InChI is InChI=1S/C25H29P/c1-19-5-11-22(12-6-19)25(17-4-18-26,23-13-7-20(2)8-14-23)24-15-9-21(3)10-16-24/h5-16H,4,17-18,26H2,1-3H3. The van der Waals surface area contributed by atoms with E-state index in [4.69, 9.17) is 0 Å². The van der Waals surface area contributed by atoms with Crippen molar-refractivity contribution >= 4 is 9.24 Å². The fourth-order valence-electron chi connectivity index (χ4n) is 3.81. The van der Waals surface area contributed by atoms with E-state index in [1.165, 1.54) is 39.8 Å². The first kappa shape index (κ1) is 18.9. The number of hydrogen-bond acceptors (Lipinski definition) is 0. The molecule has 0 aliphatic rings. The van der Waals surface area contributed by atoms with Gasteiger partial charge in [-0.1, -0.05) is 89.5 Å². The average Bonchev–Trinajstić information content (AvgIpc) is 2.66. The second-order valence-electron chi connectivity index (χ2n) is 7.40. The van der Waals surface area contributed by atoms with E-state index in [0.717, 1.165) is 12.6 Å². The van der Waals surface area contributed by atoms with Crippen LogP contribution in [0.1, 0.15) is 46.2 Å². The smallest absolute Gasteiger partial charge is 0.0451 e. The third kappa shape index (κ3) is 3.76. The first-order chi connectivity index (χ1) is 12.6. The molecule has 26 heavy (non-hydrogen) atoms. The summed E-state index contributed by atoms with van der Waals surface area (Å²) in [5.41, 5.74) is 7.97. The van der Waals surface area contributed by atoms with Crippen LogP contribution >= 0.6 is 9.24 Å². The zero-order chi connectivity index (χ0) is 18.6. The summed E-state index contributed by atoms with van der Waals surface area (Å²) in [6.45, 7) is 6.48. The van der Waals surface area contributed by atoms with Gasteiger partial charge in [0.15, 0.2) is 0 Å². The van der Waals surface area contributed by atoms with E-state index in [1.54, 1.807) is 0 Å². The monoisotopic (exact) mass is 360 g/mol. The lowest BCUT2D eigenvalue weighted by molar-refractivity contribution is 0.552. The van der Waals surface area contributed by atoms with Gasteiger partial charge in [0.1, 0.15) is 0 Å². The normalized spacial score (nSPS) is 11.5. The van der Waals surface area contributed by atoms with Crippen LogP contribution < -0.4 is 0 Å². The van der Waals surface area contributed by atoms with Crippen molar-refractivity contribution < 1.29 is 0 Å². The lowest BCUT2D eigenvalue weighted by atomic mass is 9.66. The zero-order valence-electron chi connectivity index (χ0n) is 16.1. The molecule has 0 saturated heterocycles. The minimum Gasteiger partial charge on any atom is -0.138 e. The fraction of sp³-hybridized carbons (Fsp3) is 0.280. The second-order valence-corrected chi connectivity index (χ2v) is 7.97. The summed E-state index contributed by atoms with van der Waals surface area (Å²) in [7, 11) is 2.89. The predicted molar refractivity (Wildman–Crippen MR) is 117 cm³/mol. The molecule has 1 atom stereocenters. The number of benzene rings is 3. The van der Waals surface area contributed by atoms with E-state index in [9.17, 15) is 0 Å². The molecule has 0 spiro atoms. The molecule has 3 aromatic carbocycles. The Labute approximate surface area is 160 Å². The van der Waals surface area contributed by atoms with Crippen molar-refractivity contribution in [2.24, 2.45) is 0 Å². The van der Waals surface area contributed by atoms with Crippen LogP contribution in [0.5, 0.6) is 0 Å². The maximum atomic E-state index is 2.89. The molecular weight excluding hydrogens is 331 g/mol. The number of hydrogen-bond donors (Lipinski definition) is 0. The van der Waals surface area contributed by atoms with Crippen molar-refractivity contribution in [3.05, 3.63) is 106 Å². The summed E-state index contributed by atoms with van der Waals surface area (Å²) in [5.74, 6) is 0. The molecule has 0 amide bonds. The van der Waals surface area contributed by atoms with Crippen LogP contribution in [-0.4, -0.2) is 6.16 Å². The van der Waals surface area contributed by atoms with Crippen LogP contribution in [-0.2, 0) is 5.41 Å². The second kappa shape index (κ2) is 8.19. The third-order valence-electron chi connectivity index (χ3n) is 5.39. The summed E-state index contributed by atoms with van der Waals surface area (Å²) in [4.78, 5) is 0. The van der Waals surface area contributed by atoms with Gasteiger partial charge in [0.05, 0.1) is 0 Å². The molecule has 0 heterocycles. The van der Waals surface area contributed by atoms with Crippen molar-refractivity contribution in [1.82, 2.24) is 0 Å². The molecule has 3 rings (SSSR count). The topological polar surface area (TPSA) is 0 Å². The van der Waals surface area contributed by atoms with Crippen molar-refractivity contribution in [3.8, 4) is 0 Å². The molecule has 0 nitrogen and oxygen atoms in total. The molecule has 0 bridgehead atoms. The molecule has 0 aromatic heterocycles. The van der Waals surface area contributed by atoms with E-state index >= 15 is 0 Å². The summed E-state index contributed by atoms with van der Waals surface area (Å²) in [6, 6.07) is 27.4. The van der Waals surface area contributed by atoms with Gasteiger partial charge >= 0.3 is 0 Å². The first-order valence-electron chi connectivity index (χ1n) is 9.48. The summed E-state index contributed by atoms with van der Waals surface area (Å²) in [5, 5.41) is 0. The average molecular weight is 360 g/mol. The molecular formula is C25H29P. The highest BCUT2D eigenvalue weighted by Gasteiger charge is 2.35. The Balaban J connectivity index is 2.27. The van der Waals surface area contributed by atoms with Gasteiger partial charge in [0.25, 0.3) is 0 Å². The minimum absolute atomic E-state index is 0.105. The van der Waals surface area contributed by atoms with Crippen LogP contribution in [0.2, 0.25) is 0 Å². The Morgan fingerprint density at radius 2 is 0.885 bits per heavy atom. The first-order valence-corrected chi connectivity index (χ1v) is 10.3. The molecule has 0 radical (unpaired) electrons. The molecule has 0 aliphatic carbocycles. The van der Waals surface area contributed by atoms with Gasteiger partial charge in [-0.25, -0.2) is 0 Å². The van der Waals surface area contributed by atoms with Crippen LogP contribution in [0.15, 0.2) is 72.8 Å². The van der Waals surface area contributed by atoms with Crippen LogP contribution in [0.3, 0.4) is 0 Å². The zero-order valence-corrected chi connectivity index (χ0v) is 17.3. The van der Waals surface area contributed by atoms with Crippen molar-refractivity contribution in [2.45, 2.75) is 39.0 Å². The highest BCUT2D eigenvalue weighted by atomic mass is 31.0. The largest absolute Gasteiger partial charge is 0.138 e. The van der Waals surface area contributed by atoms with Gasteiger partial charge in [0.2, 0.25) is 0 Å². The van der Waals surface area contributed by atoms with E-state index < -0.39 is 0 Å². The summed E-state index contributed by atoms with van der Waals surface area (Å²) < 4.78 is 0. The van der Waals surface area contributed by atoms with Crippen LogP contribution in [0.25, 0.3) is 0 Å². The highest BCUT2D eigenvalue weighted by molar-refractivity contribution is 7.16. The van der Waals surface area contributed by atoms with Crippen molar-refractivity contribution in [1.29, 1.82) is 0 Å². The van der Waals surface area contributed by atoms with Gasteiger partial charge < -0.3 is 0 Å². The summed E-state index contributed by atoms with van der Waals surface area (Å²) >= 11 is 0. The maximum absolute atomic E-state index is 2.89. The van der Waals surface area contributed by atoms with Gasteiger partial charge in [-0.05, 0) is 56.5 Å². The molecule has 0 aliphatic heterocycles. The molecule has 134 valence electrons. The van der Waals surface area contributed by atoms with Gasteiger partial charge in [0, 0.05) is 5.41 Å². The minimum atomic E-state index is -0.105. The maximum Gasteiger partial charge on any atom is 0.0451 e. The third-order valence-corrected chi connectivity index (χ3v) is 5.80. The Morgan fingerprint density at radius 1 is 0.577 bits per heavy atom. The number of rotatable bonds is 6. The quantitative estimate of drug-likeness (QED) is 0.343. The highest BCUT2D eigenvalue weighted by Crippen LogP contribution is 2.43. The Bertz CT molecular complexity index is 716. The molecule has 1 heteroatoms. The van der Waals surface area contributed by atoms with Crippen molar-refractivity contribution in [2.75, 3.05) is 6.16 Å². The Hall–Kier alpha value is -1.91. The molecule has 3 aromatic rings. The molecule has 0 N–H and O–H groups in total. The Morgan fingerprint density at radius 3 is 1.15 bits per heavy atom. The van der Waals surface area contributed by atoms with Gasteiger partial charge in [-0.3, -0.25) is 0 Å². The van der Waals surface area contributed by atoms with Gasteiger partial charge in [-0.2, -0.15) is 0 Å². The SMILES string of the molecule is Cc1ccc(C(CCCP)(c2ccc(C)cc2)c2ccc(C)cc2)cc1. The van der Waals surface area contributed by atoms with E-state index in [1.807, 2.05) is 0 Å². The molecule has 1 unspecified atom stereocenters. The Kier molecular flexibility index (Phi) is 5.94. The molecule has 0 saturated carbocycles. The molecule has 0 fully saturated rings. The van der Waals surface area contributed by atoms with E-state index in [0.29, 0.717) is 0 Å². The fourth-order valence-corrected chi connectivity index (χ4v) is 4.02. The lowest BCUT2D eigenvalue weighted by Gasteiger charge is -2.36.